The first-order chi connectivity index (χ1) is 10.7. The molecule has 1 saturated heterocycles. The summed E-state index contributed by atoms with van der Waals surface area (Å²) in [5, 5.41) is 4.48. The average Bonchev–Trinajstić information content (AvgIpc) is 2.99. The number of hydrogen-bond donors (Lipinski definition) is 1. The highest BCUT2D eigenvalue weighted by atomic mass is 35.5. The van der Waals surface area contributed by atoms with E-state index in [1.54, 1.807) is 7.11 Å². The maximum atomic E-state index is 6.11. The van der Waals surface area contributed by atoms with E-state index in [0.29, 0.717) is 12.0 Å². The molecule has 2 heterocycles. The number of ether oxygens (including phenoxy) is 1. The van der Waals surface area contributed by atoms with Crippen LogP contribution in [0.5, 0.6) is 5.75 Å². The second-order valence-corrected chi connectivity index (χ2v) is 6.07. The van der Waals surface area contributed by atoms with Gasteiger partial charge < -0.3 is 10.5 Å². The summed E-state index contributed by atoms with van der Waals surface area (Å²) in [6.07, 6.45) is 2.91. The third kappa shape index (κ3) is 3.86. The van der Waals surface area contributed by atoms with E-state index in [9.17, 15) is 0 Å². The predicted octanol–water partition coefficient (Wildman–Crippen LogP) is 2.47. The first-order valence-electron chi connectivity index (χ1n) is 7.83. The fraction of sp³-hybridized carbons (Fsp3) is 0.471. The normalized spacial score (nSPS) is 21.7. The van der Waals surface area contributed by atoms with Crippen molar-refractivity contribution in [2.45, 2.75) is 25.9 Å². The Kier molecular flexibility index (Phi) is 6.04. The minimum absolute atomic E-state index is 0. The van der Waals surface area contributed by atoms with Crippen molar-refractivity contribution in [3.63, 3.8) is 0 Å². The number of piperidine rings is 1. The van der Waals surface area contributed by atoms with E-state index in [2.05, 4.69) is 23.0 Å². The van der Waals surface area contributed by atoms with Gasteiger partial charge in [0.05, 0.1) is 12.8 Å². The fourth-order valence-electron chi connectivity index (χ4n) is 3.09. The van der Waals surface area contributed by atoms with Gasteiger partial charge in [0.15, 0.2) is 0 Å². The molecule has 0 aliphatic carbocycles. The number of benzene rings is 1. The lowest BCUT2D eigenvalue weighted by molar-refractivity contribution is 0.155. The Morgan fingerprint density at radius 1 is 1.30 bits per heavy atom. The van der Waals surface area contributed by atoms with Crippen LogP contribution in [0.4, 0.5) is 0 Å². The summed E-state index contributed by atoms with van der Waals surface area (Å²) in [6, 6.07) is 10.4. The lowest BCUT2D eigenvalue weighted by atomic mass is 9.95. The van der Waals surface area contributed by atoms with Crippen molar-refractivity contribution < 1.29 is 4.74 Å². The number of nitrogens with two attached hydrogens (primary N) is 1. The third-order valence-electron chi connectivity index (χ3n) is 4.48. The summed E-state index contributed by atoms with van der Waals surface area (Å²) in [7, 11) is 1.69. The van der Waals surface area contributed by atoms with Gasteiger partial charge in [-0.05, 0) is 30.5 Å². The standard InChI is InChI=1S/C17H24N4O.ClH/c1-13-11-20(10-8-15(13)18)12-14-7-9-19-21(14)16-5-3-4-6-17(16)22-2;/h3-7,9,13,15H,8,10-12,18H2,1-2H3;1H. The molecule has 1 aromatic carbocycles. The average molecular weight is 337 g/mol. The van der Waals surface area contributed by atoms with E-state index in [0.717, 1.165) is 37.5 Å². The Balaban J connectivity index is 0.00000192. The number of aromatic nitrogens is 2. The molecule has 1 aliphatic rings. The minimum Gasteiger partial charge on any atom is -0.494 e. The molecule has 0 saturated carbocycles. The van der Waals surface area contributed by atoms with Gasteiger partial charge in [-0.3, -0.25) is 4.90 Å². The van der Waals surface area contributed by atoms with Gasteiger partial charge in [0.25, 0.3) is 0 Å². The summed E-state index contributed by atoms with van der Waals surface area (Å²) in [5.41, 5.74) is 8.26. The van der Waals surface area contributed by atoms with Crippen molar-refractivity contribution in [2.75, 3.05) is 20.2 Å². The van der Waals surface area contributed by atoms with E-state index >= 15 is 0 Å². The van der Waals surface area contributed by atoms with E-state index in [4.69, 9.17) is 10.5 Å². The van der Waals surface area contributed by atoms with Gasteiger partial charge in [-0.15, -0.1) is 12.4 Å². The van der Waals surface area contributed by atoms with Crippen molar-refractivity contribution in [3.05, 3.63) is 42.2 Å². The van der Waals surface area contributed by atoms with Gasteiger partial charge in [-0.25, -0.2) is 4.68 Å². The molecular formula is C17H25ClN4O. The van der Waals surface area contributed by atoms with Gasteiger partial charge in [-0.2, -0.15) is 5.10 Å². The van der Waals surface area contributed by atoms with Crippen molar-refractivity contribution in [2.24, 2.45) is 11.7 Å². The number of nitrogens with zero attached hydrogens (tertiary/aromatic N) is 3. The van der Waals surface area contributed by atoms with Crippen LogP contribution >= 0.6 is 12.4 Å². The maximum Gasteiger partial charge on any atom is 0.144 e. The SMILES string of the molecule is COc1ccccc1-n1nccc1CN1CCC(N)C(C)C1.Cl. The summed E-state index contributed by atoms with van der Waals surface area (Å²) >= 11 is 0. The van der Waals surface area contributed by atoms with Gasteiger partial charge in [0, 0.05) is 31.9 Å². The molecule has 23 heavy (non-hydrogen) atoms. The zero-order chi connectivity index (χ0) is 15.5. The van der Waals surface area contributed by atoms with Crippen LogP contribution in [-0.2, 0) is 6.54 Å². The second kappa shape index (κ2) is 7.81. The van der Waals surface area contributed by atoms with Crippen molar-refractivity contribution in [3.8, 4) is 11.4 Å². The Bertz CT molecular complexity index is 631. The number of halogens is 1. The van der Waals surface area contributed by atoms with Crippen molar-refractivity contribution >= 4 is 12.4 Å². The zero-order valence-corrected chi connectivity index (χ0v) is 14.5. The number of likely N-dealkylation sites (tertiary alicyclic amines) is 1. The zero-order valence-electron chi connectivity index (χ0n) is 13.7. The molecule has 126 valence electrons. The minimum atomic E-state index is 0. The first-order valence-corrected chi connectivity index (χ1v) is 7.83. The highest BCUT2D eigenvalue weighted by Crippen LogP contribution is 2.24. The molecule has 1 fully saturated rings. The lowest BCUT2D eigenvalue weighted by Gasteiger charge is -2.35. The molecule has 2 atom stereocenters. The Hall–Kier alpha value is -1.56. The van der Waals surface area contributed by atoms with Crippen LogP contribution in [0, 0.1) is 5.92 Å². The largest absolute Gasteiger partial charge is 0.494 e. The van der Waals surface area contributed by atoms with Gasteiger partial charge in [-0.1, -0.05) is 19.1 Å². The van der Waals surface area contributed by atoms with E-state index in [1.807, 2.05) is 35.1 Å². The van der Waals surface area contributed by atoms with E-state index in [-0.39, 0.29) is 12.4 Å². The molecule has 5 nitrogen and oxygen atoms in total. The molecule has 3 rings (SSSR count). The molecular weight excluding hydrogens is 312 g/mol. The van der Waals surface area contributed by atoms with Crippen LogP contribution in [0.15, 0.2) is 36.5 Å². The molecule has 0 spiro atoms. The predicted molar refractivity (Wildman–Crippen MR) is 94.4 cm³/mol. The quantitative estimate of drug-likeness (QED) is 0.932. The van der Waals surface area contributed by atoms with Gasteiger partial charge in [0.2, 0.25) is 0 Å². The van der Waals surface area contributed by atoms with Crippen LogP contribution in [0.1, 0.15) is 19.0 Å². The number of methoxy groups -OCH3 is 1. The number of rotatable bonds is 4. The molecule has 0 amide bonds. The second-order valence-electron chi connectivity index (χ2n) is 6.07. The Morgan fingerprint density at radius 3 is 2.83 bits per heavy atom. The molecule has 2 unspecified atom stereocenters. The summed E-state index contributed by atoms with van der Waals surface area (Å²) in [4.78, 5) is 2.46. The summed E-state index contributed by atoms with van der Waals surface area (Å²) in [5.74, 6) is 1.37. The molecule has 2 N–H and O–H groups in total. The highest BCUT2D eigenvalue weighted by Gasteiger charge is 2.24. The summed E-state index contributed by atoms with van der Waals surface area (Å²) < 4.78 is 7.42. The fourth-order valence-corrected chi connectivity index (χ4v) is 3.09. The van der Waals surface area contributed by atoms with Gasteiger partial charge in [0.1, 0.15) is 11.4 Å². The highest BCUT2D eigenvalue weighted by molar-refractivity contribution is 5.85. The van der Waals surface area contributed by atoms with Crippen LogP contribution in [0.25, 0.3) is 5.69 Å². The van der Waals surface area contributed by atoms with Crippen LogP contribution in [0.2, 0.25) is 0 Å². The van der Waals surface area contributed by atoms with Crippen LogP contribution < -0.4 is 10.5 Å². The molecule has 0 radical (unpaired) electrons. The lowest BCUT2D eigenvalue weighted by Crippen LogP contribution is -2.45. The monoisotopic (exact) mass is 336 g/mol. The molecule has 6 heteroatoms. The smallest absolute Gasteiger partial charge is 0.144 e. The Morgan fingerprint density at radius 2 is 2.09 bits per heavy atom. The molecule has 2 aromatic rings. The molecule has 1 aliphatic heterocycles. The number of para-hydroxylation sites is 2. The molecule has 0 bridgehead atoms. The van der Waals surface area contributed by atoms with E-state index in [1.165, 1.54) is 5.69 Å². The van der Waals surface area contributed by atoms with Crippen LogP contribution in [0.3, 0.4) is 0 Å². The van der Waals surface area contributed by atoms with Crippen molar-refractivity contribution in [1.82, 2.24) is 14.7 Å². The summed E-state index contributed by atoms with van der Waals surface area (Å²) in [6.45, 7) is 5.20. The number of hydrogen-bond acceptors (Lipinski definition) is 4. The Labute approximate surface area is 143 Å². The van der Waals surface area contributed by atoms with Crippen LogP contribution in [-0.4, -0.2) is 40.9 Å². The first kappa shape index (κ1) is 17.8. The maximum absolute atomic E-state index is 6.11. The third-order valence-corrected chi connectivity index (χ3v) is 4.48. The van der Waals surface area contributed by atoms with Gasteiger partial charge >= 0.3 is 0 Å². The molecule has 1 aromatic heterocycles. The van der Waals surface area contributed by atoms with Crippen molar-refractivity contribution in [1.29, 1.82) is 0 Å². The van der Waals surface area contributed by atoms with E-state index < -0.39 is 0 Å². The topological polar surface area (TPSA) is 56.3 Å².